The Balaban J connectivity index is 1.80. The van der Waals surface area contributed by atoms with Crippen LogP contribution in [0.25, 0.3) is 5.76 Å². The molecule has 38 heavy (non-hydrogen) atoms. The van der Waals surface area contributed by atoms with Crippen LogP contribution >= 0.6 is 0 Å². The van der Waals surface area contributed by atoms with E-state index in [-0.39, 0.29) is 17.9 Å². The Morgan fingerprint density at radius 1 is 0.921 bits per heavy atom. The molecule has 2 aromatic carbocycles. The van der Waals surface area contributed by atoms with Gasteiger partial charge in [-0.2, -0.15) is 0 Å². The first kappa shape index (κ1) is 26.9. The van der Waals surface area contributed by atoms with Crippen LogP contribution in [0.5, 0.6) is 17.2 Å². The summed E-state index contributed by atoms with van der Waals surface area (Å²) in [5.41, 5.74) is 1.00. The number of Topliss-reactive ketones (excluding diaryl/α,β-unsaturated/α-hetero) is 1. The van der Waals surface area contributed by atoms with Crippen molar-refractivity contribution >= 4 is 17.4 Å². The Hall–Kier alpha value is -4.20. The van der Waals surface area contributed by atoms with E-state index in [0.29, 0.717) is 54.0 Å². The topological polar surface area (TPSA) is 98.4 Å². The van der Waals surface area contributed by atoms with Gasteiger partial charge < -0.3 is 28.6 Å². The molecule has 1 amide bonds. The van der Waals surface area contributed by atoms with Gasteiger partial charge in [0.1, 0.15) is 17.3 Å². The molecule has 1 N–H and O–H groups in total. The number of rotatable bonds is 12. The summed E-state index contributed by atoms with van der Waals surface area (Å²) in [7, 11) is 0. The smallest absolute Gasteiger partial charge is 0.296 e. The number of carbonyl (C=O) groups excluding carboxylic acids is 2. The minimum atomic E-state index is -0.865. The average molecular weight is 520 g/mol. The highest BCUT2D eigenvalue weighted by Crippen LogP contribution is 2.43. The molecule has 1 unspecified atom stereocenters. The third-order valence-corrected chi connectivity index (χ3v) is 6.09. The normalized spacial score (nSPS) is 16.6. The van der Waals surface area contributed by atoms with Crippen LogP contribution in [-0.4, -0.2) is 41.5 Å². The van der Waals surface area contributed by atoms with Gasteiger partial charge in [0.05, 0.1) is 44.2 Å². The minimum Gasteiger partial charge on any atom is -0.507 e. The van der Waals surface area contributed by atoms with Crippen molar-refractivity contribution in [2.75, 3.05) is 19.8 Å². The number of nitrogens with zero attached hydrogens (tertiary/aromatic N) is 1. The zero-order chi connectivity index (χ0) is 27.1. The number of aliphatic hydroxyl groups excluding tert-OH is 1. The van der Waals surface area contributed by atoms with Crippen LogP contribution in [0.15, 0.2) is 70.9 Å². The number of ketones is 1. The first-order chi connectivity index (χ1) is 18.5. The highest BCUT2D eigenvalue weighted by atomic mass is 16.5. The molecule has 3 aromatic rings. The molecule has 4 rings (SSSR count). The maximum atomic E-state index is 13.3. The molecule has 1 saturated heterocycles. The minimum absolute atomic E-state index is 0.00606. The van der Waals surface area contributed by atoms with Crippen LogP contribution in [0, 0.1) is 0 Å². The molecule has 0 saturated carbocycles. The zero-order valence-electron chi connectivity index (χ0n) is 21.9. The molecule has 0 radical (unpaired) electrons. The lowest BCUT2D eigenvalue weighted by molar-refractivity contribution is -0.140. The predicted octanol–water partition coefficient (Wildman–Crippen LogP) is 5.88. The third kappa shape index (κ3) is 5.69. The zero-order valence-corrected chi connectivity index (χ0v) is 21.9. The van der Waals surface area contributed by atoms with E-state index in [9.17, 15) is 14.7 Å². The van der Waals surface area contributed by atoms with Gasteiger partial charge in [-0.25, -0.2) is 0 Å². The Kier molecular flexibility index (Phi) is 8.73. The molecule has 200 valence electrons. The molecule has 1 aromatic heterocycles. The molecule has 1 fully saturated rings. The fourth-order valence-corrected chi connectivity index (χ4v) is 4.34. The number of benzene rings is 2. The quantitative estimate of drug-likeness (QED) is 0.181. The van der Waals surface area contributed by atoms with Gasteiger partial charge in [-0.3, -0.25) is 9.59 Å². The standard InChI is InChI=1S/C30H33NO7/c1-4-15-36-22-12-9-20(10-13-22)28(32)26-27(31(30(34)29(26)33)19-23-8-7-17-37-23)21-11-14-24(38-16-5-2)25(18-21)35-6-3/h7-14,17-18,27,32H,4-6,15-16,19H2,1-3H3/b28-26+. The fraction of sp³-hybridized carbons (Fsp3) is 0.333. The van der Waals surface area contributed by atoms with Gasteiger partial charge in [0.15, 0.2) is 11.5 Å². The van der Waals surface area contributed by atoms with Crippen LogP contribution in [0.3, 0.4) is 0 Å². The summed E-state index contributed by atoms with van der Waals surface area (Å²) in [6.07, 6.45) is 3.21. The van der Waals surface area contributed by atoms with Crippen LogP contribution in [0.2, 0.25) is 0 Å². The molecule has 8 nitrogen and oxygen atoms in total. The Morgan fingerprint density at radius 3 is 2.32 bits per heavy atom. The number of hydrogen-bond donors (Lipinski definition) is 1. The molecule has 0 spiro atoms. The largest absolute Gasteiger partial charge is 0.507 e. The predicted molar refractivity (Wildman–Crippen MR) is 142 cm³/mol. The Bertz CT molecular complexity index is 1280. The maximum Gasteiger partial charge on any atom is 0.296 e. The van der Waals surface area contributed by atoms with Crippen molar-refractivity contribution in [3.63, 3.8) is 0 Å². The van der Waals surface area contributed by atoms with Crippen molar-refractivity contribution in [2.24, 2.45) is 0 Å². The average Bonchev–Trinajstić information content (AvgIpc) is 3.53. The van der Waals surface area contributed by atoms with E-state index >= 15 is 0 Å². The number of aliphatic hydroxyl groups is 1. The van der Waals surface area contributed by atoms with Crippen LogP contribution in [-0.2, 0) is 16.1 Å². The molecule has 1 aliphatic rings. The molecule has 0 bridgehead atoms. The van der Waals surface area contributed by atoms with Gasteiger partial charge in [-0.15, -0.1) is 0 Å². The molecular weight excluding hydrogens is 486 g/mol. The van der Waals surface area contributed by atoms with Crippen LogP contribution < -0.4 is 14.2 Å². The first-order valence-electron chi connectivity index (χ1n) is 12.9. The van der Waals surface area contributed by atoms with Crippen LogP contribution in [0.4, 0.5) is 0 Å². The number of furan rings is 1. The molecule has 1 atom stereocenters. The molecule has 8 heteroatoms. The Labute approximate surface area is 222 Å². The lowest BCUT2D eigenvalue weighted by Crippen LogP contribution is -2.29. The first-order valence-corrected chi connectivity index (χ1v) is 12.9. The molecular formula is C30H33NO7. The summed E-state index contributed by atoms with van der Waals surface area (Å²) in [5.74, 6) is 0.489. The van der Waals surface area contributed by atoms with Gasteiger partial charge in [0, 0.05) is 5.56 Å². The van der Waals surface area contributed by atoms with Crippen molar-refractivity contribution in [3.05, 3.63) is 83.3 Å². The Morgan fingerprint density at radius 2 is 1.66 bits per heavy atom. The van der Waals surface area contributed by atoms with Crippen molar-refractivity contribution in [1.82, 2.24) is 4.90 Å². The highest BCUT2D eigenvalue weighted by molar-refractivity contribution is 6.46. The second kappa shape index (κ2) is 12.4. The second-order valence-corrected chi connectivity index (χ2v) is 8.87. The van der Waals surface area contributed by atoms with Gasteiger partial charge in [0.25, 0.3) is 11.7 Å². The van der Waals surface area contributed by atoms with E-state index < -0.39 is 17.7 Å². The van der Waals surface area contributed by atoms with E-state index in [1.165, 1.54) is 11.2 Å². The van der Waals surface area contributed by atoms with Gasteiger partial charge in [-0.1, -0.05) is 19.9 Å². The van der Waals surface area contributed by atoms with Gasteiger partial charge >= 0.3 is 0 Å². The summed E-state index contributed by atoms with van der Waals surface area (Å²) in [5, 5.41) is 11.4. The maximum absolute atomic E-state index is 13.3. The molecule has 1 aliphatic heterocycles. The van der Waals surface area contributed by atoms with Crippen molar-refractivity contribution in [1.29, 1.82) is 0 Å². The van der Waals surface area contributed by atoms with E-state index in [4.69, 9.17) is 18.6 Å². The van der Waals surface area contributed by atoms with E-state index in [0.717, 1.165) is 12.8 Å². The van der Waals surface area contributed by atoms with Crippen molar-refractivity contribution in [3.8, 4) is 17.2 Å². The lowest BCUT2D eigenvalue weighted by Gasteiger charge is -2.25. The van der Waals surface area contributed by atoms with E-state index in [1.54, 1.807) is 54.6 Å². The fourth-order valence-electron chi connectivity index (χ4n) is 4.34. The number of ether oxygens (including phenoxy) is 3. The second-order valence-electron chi connectivity index (χ2n) is 8.87. The summed E-state index contributed by atoms with van der Waals surface area (Å²) >= 11 is 0. The molecule has 0 aliphatic carbocycles. The molecule has 2 heterocycles. The number of hydrogen-bond acceptors (Lipinski definition) is 7. The van der Waals surface area contributed by atoms with E-state index in [2.05, 4.69) is 0 Å². The number of amides is 1. The van der Waals surface area contributed by atoms with Gasteiger partial charge in [-0.05, 0) is 73.9 Å². The van der Waals surface area contributed by atoms with Crippen molar-refractivity contribution < 1.29 is 33.3 Å². The van der Waals surface area contributed by atoms with Gasteiger partial charge in [0.2, 0.25) is 0 Å². The third-order valence-electron chi connectivity index (χ3n) is 6.09. The summed E-state index contributed by atoms with van der Waals surface area (Å²) < 4.78 is 22.8. The SMILES string of the molecule is CCCOc1ccc(/C(O)=C2\C(=O)C(=O)N(Cc3ccco3)C2c2ccc(OCCC)c(OCC)c2)cc1. The van der Waals surface area contributed by atoms with Crippen LogP contribution in [0.1, 0.15) is 56.5 Å². The lowest BCUT2D eigenvalue weighted by atomic mass is 9.95. The van der Waals surface area contributed by atoms with Crippen molar-refractivity contribution in [2.45, 2.75) is 46.2 Å². The van der Waals surface area contributed by atoms with E-state index in [1.807, 2.05) is 20.8 Å². The number of carbonyl (C=O) groups is 2. The number of likely N-dealkylation sites (tertiary alicyclic amines) is 1. The highest BCUT2D eigenvalue weighted by Gasteiger charge is 2.46. The summed E-state index contributed by atoms with van der Waals surface area (Å²) in [6.45, 7) is 7.46. The monoisotopic (exact) mass is 519 g/mol. The summed E-state index contributed by atoms with van der Waals surface area (Å²) in [4.78, 5) is 28.0. The summed E-state index contributed by atoms with van der Waals surface area (Å²) in [6, 6.07) is 14.7.